The quantitative estimate of drug-likeness (QED) is 0.636. The highest BCUT2D eigenvalue weighted by molar-refractivity contribution is 5.68. The minimum atomic E-state index is 0.768. The van der Waals surface area contributed by atoms with E-state index < -0.39 is 0 Å². The molecular formula is C12H14O. The van der Waals surface area contributed by atoms with Gasteiger partial charge >= 0.3 is 0 Å². The molecule has 0 saturated carbocycles. The predicted octanol–water partition coefficient (Wildman–Crippen LogP) is 2.80. The Labute approximate surface area is 79.0 Å². The van der Waals surface area contributed by atoms with Crippen LogP contribution in [-0.4, -0.2) is 13.2 Å². The maximum atomic E-state index is 5.28. The molecule has 1 aromatic rings. The first kappa shape index (κ1) is 8.52. The van der Waals surface area contributed by atoms with Gasteiger partial charge in [0.25, 0.3) is 0 Å². The fourth-order valence-corrected chi connectivity index (χ4v) is 1.70. The fourth-order valence-electron chi connectivity index (χ4n) is 1.70. The van der Waals surface area contributed by atoms with Crippen molar-refractivity contribution in [3.63, 3.8) is 0 Å². The molecule has 0 aromatic heterocycles. The molecule has 0 radical (unpaired) electrons. The Bertz CT molecular complexity index is 326. The van der Waals surface area contributed by atoms with E-state index in [0.717, 1.165) is 19.6 Å². The SMILES string of the molecule is Cc1ccccc1C1=CCOCC1. The third-order valence-electron chi connectivity index (χ3n) is 2.45. The molecule has 0 bridgehead atoms. The number of ether oxygens (including phenoxy) is 1. The van der Waals surface area contributed by atoms with Gasteiger partial charge in [-0.15, -0.1) is 0 Å². The molecule has 68 valence electrons. The monoisotopic (exact) mass is 174 g/mol. The zero-order valence-corrected chi connectivity index (χ0v) is 7.92. The number of hydrogen-bond acceptors (Lipinski definition) is 1. The lowest BCUT2D eigenvalue weighted by Crippen LogP contribution is -2.04. The molecule has 0 aliphatic carbocycles. The summed E-state index contributed by atoms with van der Waals surface area (Å²) in [6, 6.07) is 8.52. The van der Waals surface area contributed by atoms with E-state index in [9.17, 15) is 0 Å². The van der Waals surface area contributed by atoms with Crippen LogP contribution in [0.25, 0.3) is 5.57 Å². The van der Waals surface area contributed by atoms with E-state index in [-0.39, 0.29) is 0 Å². The van der Waals surface area contributed by atoms with Crippen LogP contribution < -0.4 is 0 Å². The molecule has 1 heteroatoms. The van der Waals surface area contributed by atoms with Gasteiger partial charge in [-0.3, -0.25) is 0 Å². The first-order chi connectivity index (χ1) is 6.38. The summed E-state index contributed by atoms with van der Waals surface area (Å²) in [6.45, 7) is 3.79. The van der Waals surface area contributed by atoms with Crippen molar-refractivity contribution in [1.82, 2.24) is 0 Å². The van der Waals surface area contributed by atoms with E-state index >= 15 is 0 Å². The van der Waals surface area contributed by atoms with Gasteiger partial charge in [0.15, 0.2) is 0 Å². The van der Waals surface area contributed by atoms with Crippen LogP contribution in [0.3, 0.4) is 0 Å². The van der Waals surface area contributed by atoms with E-state index in [4.69, 9.17) is 4.74 Å². The Morgan fingerprint density at radius 2 is 2.08 bits per heavy atom. The molecule has 1 aromatic carbocycles. The van der Waals surface area contributed by atoms with Crippen molar-refractivity contribution < 1.29 is 4.74 Å². The van der Waals surface area contributed by atoms with Crippen LogP contribution in [0.2, 0.25) is 0 Å². The van der Waals surface area contributed by atoms with Gasteiger partial charge in [-0.25, -0.2) is 0 Å². The number of rotatable bonds is 1. The van der Waals surface area contributed by atoms with Gasteiger partial charge in [-0.1, -0.05) is 30.3 Å². The molecule has 0 N–H and O–H groups in total. The van der Waals surface area contributed by atoms with Crippen LogP contribution in [0.4, 0.5) is 0 Å². The predicted molar refractivity (Wildman–Crippen MR) is 54.6 cm³/mol. The zero-order chi connectivity index (χ0) is 9.10. The summed E-state index contributed by atoms with van der Waals surface area (Å²) < 4.78 is 5.28. The van der Waals surface area contributed by atoms with Crippen LogP contribution >= 0.6 is 0 Å². The second-order valence-corrected chi connectivity index (χ2v) is 3.37. The molecule has 0 atom stereocenters. The fraction of sp³-hybridized carbons (Fsp3) is 0.333. The topological polar surface area (TPSA) is 9.23 Å². The second-order valence-electron chi connectivity index (χ2n) is 3.37. The van der Waals surface area contributed by atoms with Gasteiger partial charge in [0.1, 0.15) is 0 Å². The van der Waals surface area contributed by atoms with Crippen LogP contribution in [0.1, 0.15) is 17.5 Å². The van der Waals surface area contributed by atoms with E-state index in [2.05, 4.69) is 37.3 Å². The minimum Gasteiger partial charge on any atom is -0.377 e. The molecule has 1 nitrogen and oxygen atoms in total. The molecule has 0 amide bonds. The van der Waals surface area contributed by atoms with Gasteiger partial charge < -0.3 is 4.74 Å². The normalized spacial score (nSPS) is 16.8. The Morgan fingerprint density at radius 1 is 1.23 bits per heavy atom. The highest BCUT2D eigenvalue weighted by Gasteiger charge is 2.07. The maximum Gasteiger partial charge on any atom is 0.0653 e. The smallest absolute Gasteiger partial charge is 0.0653 e. The first-order valence-corrected chi connectivity index (χ1v) is 4.71. The van der Waals surface area contributed by atoms with Gasteiger partial charge in [-0.2, -0.15) is 0 Å². The Kier molecular flexibility index (Phi) is 2.46. The largest absolute Gasteiger partial charge is 0.377 e. The molecule has 1 aliphatic heterocycles. The molecule has 0 saturated heterocycles. The van der Waals surface area contributed by atoms with E-state index in [0.29, 0.717) is 0 Å². The lowest BCUT2D eigenvalue weighted by atomic mass is 9.97. The van der Waals surface area contributed by atoms with Crippen molar-refractivity contribution in [1.29, 1.82) is 0 Å². The zero-order valence-electron chi connectivity index (χ0n) is 7.92. The summed E-state index contributed by atoms with van der Waals surface area (Å²) in [5.41, 5.74) is 4.17. The van der Waals surface area contributed by atoms with Crippen molar-refractivity contribution in [3.05, 3.63) is 41.5 Å². The van der Waals surface area contributed by atoms with Crippen LogP contribution in [0.5, 0.6) is 0 Å². The molecule has 0 spiro atoms. The number of benzene rings is 1. The molecule has 1 heterocycles. The molecule has 2 rings (SSSR count). The standard InChI is InChI=1S/C12H14O/c1-10-4-2-3-5-12(10)11-6-8-13-9-7-11/h2-6H,7-9H2,1H3. The summed E-state index contributed by atoms with van der Waals surface area (Å²) in [5, 5.41) is 0. The Hall–Kier alpha value is -1.08. The van der Waals surface area contributed by atoms with Crippen LogP contribution in [-0.2, 0) is 4.74 Å². The summed E-state index contributed by atoms with van der Waals surface area (Å²) in [7, 11) is 0. The van der Waals surface area contributed by atoms with Crippen LogP contribution in [0.15, 0.2) is 30.3 Å². The molecular weight excluding hydrogens is 160 g/mol. The van der Waals surface area contributed by atoms with Gasteiger partial charge in [0.05, 0.1) is 13.2 Å². The van der Waals surface area contributed by atoms with Crippen LogP contribution in [0, 0.1) is 6.92 Å². The summed E-state index contributed by atoms with van der Waals surface area (Å²) in [4.78, 5) is 0. The average Bonchev–Trinajstić information content (AvgIpc) is 2.20. The first-order valence-electron chi connectivity index (χ1n) is 4.71. The average molecular weight is 174 g/mol. The summed E-state index contributed by atoms with van der Waals surface area (Å²) >= 11 is 0. The molecule has 13 heavy (non-hydrogen) atoms. The van der Waals surface area contributed by atoms with Crippen molar-refractivity contribution in [2.45, 2.75) is 13.3 Å². The number of aryl methyl sites for hydroxylation is 1. The maximum absolute atomic E-state index is 5.28. The third-order valence-corrected chi connectivity index (χ3v) is 2.45. The Balaban J connectivity index is 2.34. The highest BCUT2D eigenvalue weighted by atomic mass is 16.5. The van der Waals surface area contributed by atoms with Gasteiger partial charge in [0, 0.05) is 0 Å². The summed E-state index contributed by atoms with van der Waals surface area (Å²) in [5.74, 6) is 0. The molecule has 1 aliphatic rings. The number of hydrogen-bond donors (Lipinski definition) is 0. The van der Waals surface area contributed by atoms with Crippen molar-refractivity contribution in [2.24, 2.45) is 0 Å². The molecule has 0 unspecified atom stereocenters. The van der Waals surface area contributed by atoms with E-state index in [1.165, 1.54) is 16.7 Å². The minimum absolute atomic E-state index is 0.768. The van der Waals surface area contributed by atoms with Crippen molar-refractivity contribution >= 4 is 5.57 Å². The second kappa shape index (κ2) is 3.75. The van der Waals surface area contributed by atoms with Gasteiger partial charge in [-0.05, 0) is 30.0 Å². The highest BCUT2D eigenvalue weighted by Crippen LogP contribution is 2.23. The Morgan fingerprint density at radius 3 is 2.77 bits per heavy atom. The van der Waals surface area contributed by atoms with Gasteiger partial charge in [0.2, 0.25) is 0 Å². The van der Waals surface area contributed by atoms with E-state index in [1.807, 2.05) is 0 Å². The third kappa shape index (κ3) is 1.81. The lowest BCUT2D eigenvalue weighted by Gasteiger charge is -2.15. The summed E-state index contributed by atoms with van der Waals surface area (Å²) in [6.07, 6.45) is 3.23. The lowest BCUT2D eigenvalue weighted by molar-refractivity contribution is 0.161. The molecule has 0 fully saturated rings. The van der Waals surface area contributed by atoms with Crippen molar-refractivity contribution in [3.8, 4) is 0 Å². The van der Waals surface area contributed by atoms with E-state index in [1.54, 1.807) is 0 Å². The van der Waals surface area contributed by atoms with Crippen molar-refractivity contribution in [2.75, 3.05) is 13.2 Å².